The van der Waals surface area contributed by atoms with Crippen molar-refractivity contribution in [2.24, 2.45) is 0 Å². The Labute approximate surface area is 110 Å². The summed E-state index contributed by atoms with van der Waals surface area (Å²) in [7, 11) is 4.77. The van der Waals surface area contributed by atoms with Crippen molar-refractivity contribution in [2.45, 2.75) is 0 Å². The predicted molar refractivity (Wildman–Crippen MR) is 67.6 cm³/mol. The van der Waals surface area contributed by atoms with E-state index in [1.54, 1.807) is 21.2 Å². The van der Waals surface area contributed by atoms with E-state index in [-0.39, 0.29) is 6.01 Å². The molecule has 7 nitrogen and oxygen atoms in total. The molecule has 0 atom stereocenters. The van der Waals surface area contributed by atoms with Crippen LogP contribution in [0.5, 0.6) is 11.8 Å². The first kappa shape index (κ1) is 12.9. The standard InChI is InChI=1S/C12H14N4O3/c1-15(2)12(17)19-11-13-8-16(14-11)9-4-6-10(18-3)7-5-9/h4-8H,1-3H3. The van der Waals surface area contributed by atoms with E-state index in [0.29, 0.717) is 0 Å². The van der Waals surface area contributed by atoms with Crippen molar-refractivity contribution < 1.29 is 14.3 Å². The minimum absolute atomic E-state index is 0.00881. The number of hydrogen-bond acceptors (Lipinski definition) is 5. The number of benzene rings is 1. The van der Waals surface area contributed by atoms with E-state index >= 15 is 0 Å². The molecular weight excluding hydrogens is 248 g/mol. The van der Waals surface area contributed by atoms with Gasteiger partial charge in [0.25, 0.3) is 0 Å². The van der Waals surface area contributed by atoms with Crippen LogP contribution in [0.3, 0.4) is 0 Å². The van der Waals surface area contributed by atoms with Crippen LogP contribution < -0.4 is 9.47 Å². The zero-order chi connectivity index (χ0) is 13.8. The van der Waals surface area contributed by atoms with Crippen molar-refractivity contribution >= 4 is 6.09 Å². The fraction of sp³-hybridized carbons (Fsp3) is 0.250. The molecule has 0 fully saturated rings. The average Bonchev–Trinajstić information content (AvgIpc) is 2.87. The molecule has 0 saturated carbocycles. The molecule has 1 heterocycles. The summed E-state index contributed by atoms with van der Waals surface area (Å²) in [6, 6.07) is 7.27. The minimum Gasteiger partial charge on any atom is -0.497 e. The molecule has 0 bridgehead atoms. The first-order valence-corrected chi connectivity index (χ1v) is 5.55. The molecule has 0 aliphatic heterocycles. The topological polar surface area (TPSA) is 69.5 Å². The number of methoxy groups -OCH3 is 1. The van der Waals surface area contributed by atoms with Gasteiger partial charge in [-0.15, -0.1) is 5.10 Å². The number of hydrogen-bond donors (Lipinski definition) is 0. The molecule has 19 heavy (non-hydrogen) atoms. The Morgan fingerprint density at radius 2 is 1.95 bits per heavy atom. The van der Waals surface area contributed by atoms with E-state index in [2.05, 4.69) is 10.1 Å². The van der Waals surface area contributed by atoms with Gasteiger partial charge >= 0.3 is 12.1 Å². The van der Waals surface area contributed by atoms with E-state index in [0.717, 1.165) is 11.4 Å². The van der Waals surface area contributed by atoms with Crippen molar-refractivity contribution in [2.75, 3.05) is 21.2 Å². The van der Waals surface area contributed by atoms with E-state index in [9.17, 15) is 4.79 Å². The van der Waals surface area contributed by atoms with Gasteiger partial charge in [0, 0.05) is 14.1 Å². The van der Waals surface area contributed by atoms with Gasteiger partial charge in [-0.2, -0.15) is 4.98 Å². The number of aromatic nitrogens is 3. The molecule has 0 unspecified atom stereocenters. The molecule has 0 aliphatic rings. The Bertz CT molecular complexity index is 563. The molecule has 2 aromatic rings. The fourth-order valence-corrected chi connectivity index (χ4v) is 1.32. The largest absolute Gasteiger partial charge is 0.497 e. The average molecular weight is 262 g/mol. The van der Waals surface area contributed by atoms with Gasteiger partial charge in [0.15, 0.2) is 0 Å². The molecule has 0 N–H and O–H groups in total. The summed E-state index contributed by atoms with van der Waals surface area (Å²) in [6.07, 6.45) is 0.951. The lowest BCUT2D eigenvalue weighted by atomic mass is 10.3. The number of rotatable bonds is 3. The molecule has 0 saturated heterocycles. The van der Waals surface area contributed by atoms with Crippen LogP contribution in [0.25, 0.3) is 5.69 Å². The second-order valence-electron chi connectivity index (χ2n) is 3.93. The summed E-state index contributed by atoms with van der Waals surface area (Å²) in [4.78, 5) is 16.5. The van der Waals surface area contributed by atoms with Gasteiger partial charge in [-0.1, -0.05) is 0 Å². The molecule has 7 heteroatoms. The summed E-state index contributed by atoms with van der Waals surface area (Å²) in [6.45, 7) is 0. The van der Waals surface area contributed by atoms with Gasteiger partial charge in [0.05, 0.1) is 12.8 Å². The summed E-state index contributed by atoms with van der Waals surface area (Å²) in [5.41, 5.74) is 0.792. The lowest BCUT2D eigenvalue weighted by Crippen LogP contribution is -2.25. The summed E-state index contributed by atoms with van der Waals surface area (Å²) >= 11 is 0. The zero-order valence-corrected chi connectivity index (χ0v) is 10.9. The first-order valence-electron chi connectivity index (χ1n) is 5.55. The third kappa shape index (κ3) is 3.01. The van der Waals surface area contributed by atoms with Crippen LogP contribution in [-0.2, 0) is 0 Å². The molecule has 0 radical (unpaired) electrons. The van der Waals surface area contributed by atoms with Gasteiger partial charge in [0.1, 0.15) is 12.1 Å². The maximum Gasteiger partial charge on any atom is 0.417 e. The maximum absolute atomic E-state index is 11.3. The van der Waals surface area contributed by atoms with Crippen LogP contribution in [0.4, 0.5) is 4.79 Å². The zero-order valence-electron chi connectivity index (χ0n) is 10.9. The molecule has 1 amide bonds. The van der Waals surface area contributed by atoms with Crippen LogP contribution in [0.2, 0.25) is 0 Å². The number of amides is 1. The molecule has 0 spiro atoms. The van der Waals surface area contributed by atoms with E-state index in [4.69, 9.17) is 9.47 Å². The lowest BCUT2D eigenvalue weighted by molar-refractivity contribution is 0.168. The highest BCUT2D eigenvalue weighted by molar-refractivity contribution is 5.68. The highest BCUT2D eigenvalue weighted by Gasteiger charge is 2.11. The Morgan fingerprint density at radius 3 is 2.53 bits per heavy atom. The van der Waals surface area contributed by atoms with Gasteiger partial charge in [0.2, 0.25) is 0 Å². The molecule has 0 aliphatic carbocycles. The summed E-state index contributed by atoms with van der Waals surface area (Å²) in [5.74, 6) is 0.753. The Hall–Kier alpha value is -2.57. The smallest absolute Gasteiger partial charge is 0.417 e. The van der Waals surface area contributed by atoms with Crippen molar-refractivity contribution in [1.29, 1.82) is 0 Å². The van der Waals surface area contributed by atoms with Crippen LogP contribution in [0.1, 0.15) is 0 Å². The predicted octanol–water partition coefficient (Wildman–Crippen LogP) is 1.34. The highest BCUT2D eigenvalue weighted by Crippen LogP contribution is 2.15. The Kier molecular flexibility index (Phi) is 3.65. The third-order valence-corrected chi connectivity index (χ3v) is 2.35. The molecule has 1 aromatic carbocycles. The second-order valence-corrected chi connectivity index (χ2v) is 3.93. The summed E-state index contributed by atoms with van der Waals surface area (Å²) < 4.78 is 11.5. The van der Waals surface area contributed by atoms with Crippen LogP contribution in [-0.4, -0.2) is 47.0 Å². The van der Waals surface area contributed by atoms with Crippen molar-refractivity contribution in [3.8, 4) is 17.4 Å². The van der Waals surface area contributed by atoms with Crippen molar-refractivity contribution in [3.63, 3.8) is 0 Å². The number of carbonyl (C=O) groups excluding carboxylic acids is 1. The number of ether oxygens (including phenoxy) is 2. The Morgan fingerprint density at radius 1 is 1.26 bits per heavy atom. The Balaban J connectivity index is 2.13. The normalized spacial score (nSPS) is 10.1. The molecular formula is C12H14N4O3. The fourth-order valence-electron chi connectivity index (χ4n) is 1.32. The second kappa shape index (κ2) is 5.38. The molecule has 1 aromatic heterocycles. The number of nitrogens with zero attached hydrogens (tertiary/aromatic N) is 4. The van der Waals surface area contributed by atoms with E-state index in [1.807, 2.05) is 24.3 Å². The highest BCUT2D eigenvalue weighted by atomic mass is 16.6. The molecule has 100 valence electrons. The quantitative estimate of drug-likeness (QED) is 0.834. The van der Waals surface area contributed by atoms with Crippen LogP contribution >= 0.6 is 0 Å². The lowest BCUT2D eigenvalue weighted by Gasteiger charge is -2.07. The first-order chi connectivity index (χ1) is 9.10. The SMILES string of the molecule is COc1ccc(-n2cnc(OC(=O)N(C)C)n2)cc1. The van der Waals surface area contributed by atoms with Gasteiger partial charge in [-0.25, -0.2) is 9.48 Å². The van der Waals surface area contributed by atoms with E-state index in [1.165, 1.54) is 15.9 Å². The van der Waals surface area contributed by atoms with E-state index < -0.39 is 6.09 Å². The van der Waals surface area contributed by atoms with Crippen LogP contribution in [0, 0.1) is 0 Å². The van der Waals surface area contributed by atoms with Gasteiger partial charge in [-0.3, -0.25) is 0 Å². The maximum atomic E-state index is 11.3. The third-order valence-electron chi connectivity index (χ3n) is 2.35. The summed E-state index contributed by atoms with van der Waals surface area (Å²) in [5, 5.41) is 4.05. The minimum atomic E-state index is -0.521. The van der Waals surface area contributed by atoms with Gasteiger partial charge < -0.3 is 14.4 Å². The molecule has 2 rings (SSSR count). The van der Waals surface area contributed by atoms with Gasteiger partial charge in [-0.05, 0) is 24.3 Å². The van der Waals surface area contributed by atoms with Crippen LogP contribution in [0.15, 0.2) is 30.6 Å². The monoisotopic (exact) mass is 262 g/mol. The van der Waals surface area contributed by atoms with Crippen molar-refractivity contribution in [3.05, 3.63) is 30.6 Å². The number of carbonyl (C=O) groups is 1. The van der Waals surface area contributed by atoms with Crippen molar-refractivity contribution in [1.82, 2.24) is 19.7 Å².